The molecule has 2 saturated heterocycles. The molecule has 0 N–H and O–H groups in total. The highest BCUT2D eigenvalue weighted by molar-refractivity contribution is 5.87. The van der Waals surface area contributed by atoms with E-state index >= 15 is 0 Å². The summed E-state index contributed by atoms with van der Waals surface area (Å²) < 4.78 is 33.1. The highest BCUT2D eigenvalue weighted by Crippen LogP contribution is 2.28. The van der Waals surface area contributed by atoms with Gasteiger partial charge in [-0.2, -0.15) is 0 Å². The Morgan fingerprint density at radius 1 is 0.733 bits per heavy atom. The number of benzene rings is 1. The Morgan fingerprint density at radius 2 is 1.03 bits per heavy atom. The van der Waals surface area contributed by atoms with E-state index < -0.39 is 36.7 Å². The summed E-state index contributed by atoms with van der Waals surface area (Å²) in [6.45, 7) is 11.2. The number of hydrogen-bond donors (Lipinski definition) is 0. The molecule has 8 heteroatoms. The number of carbonyl (C=O) groups is 2. The number of rotatable bonds is 6. The van der Waals surface area contributed by atoms with Gasteiger partial charge in [0.15, 0.2) is 12.6 Å². The summed E-state index contributed by atoms with van der Waals surface area (Å²) in [7, 11) is 0. The van der Waals surface area contributed by atoms with E-state index in [1.54, 1.807) is 13.8 Å². The van der Waals surface area contributed by atoms with Gasteiger partial charge in [-0.25, -0.2) is 9.59 Å². The maximum Gasteiger partial charge on any atom is 0.333 e. The summed E-state index contributed by atoms with van der Waals surface area (Å²) in [5.41, 5.74) is 2.32. The second kappa shape index (κ2) is 9.99. The van der Waals surface area contributed by atoms with E-state index in [9.17, 15) is 9.59 Å². The molecule has 2 fully saturated rings. The lowest BCUT2D eigenvalue weighted by molar-refractivity contribution is -0.229. The van der Waals surface area contributed by atoms with Gasteiger partial charge in [-0.3, -0.25) is 0 Å². The minimum Gasteiger partial charge on any atom is -0.454 e. The fraction of sp³-hybridized carbons (Fsp3) is 0.455. The van der Waals surface area contributed by atoms with E-state index in [1.165, 1.54) is 0 Å². The van der Waals surface area contributed by atoms with Crippen LogP contribution in [-0.4, -0.2) is 50.6 Å². The molecular formula is C22H26O8. The summed E-state index contributed by atoms with van der Waals surface area (Å²) in [5, 5.41) is 0. The Morgan fingerprint density at radius 3 is 1.30 bits per heavy atom. The maximum absolute atomic E-state index is 11.6. The van der Waals surface area contributed by atoms with E-state index in [-0.39, 0.29) is 26.4 Å². The minimum absolute atomic E-state index is 0.241. The molecule has 162 valence electrons. The van der Waals surface area contributed by atoms with Gasteiger partial charge in [0, 0.05) is 22.3 Å². The van der Waals surface area contributed by atoms with Crippen LogP contribution >= 0.6 is 0 Å². The van der Waals surface area contributed by atoms with E-state index in [4.69, 9.17) is 28.4 Å². The number of ether oxygens (including phenoxy) is 6. The molecule has 2 heterocycles. The zero-order chi connectivity index (χ0) is 21.7. The Kier molecular flexibility index (Phi) is 7.38. The number of esters is 2. The van der Waals surface area contributed by atoms with Crippen molar-refractivity contribution in [1.29, 1.82) is 0 Å². The van der Waals surface area contributed by atoms with Gasteiger partial charge in [-0.15, -0.1) is 0 Å². The summed E-state index contributed by atoms with van der Waals surface area (Å²) in [6.07, 6.45) is -2.00. The summed E-state index contributed by atoms with van der Waals surface area (Å²) in [4.78, 5) is 23.1. The van der Waals surface area contributed by atoms with Crippen LogP contribution in [-0.2, 0) is 38.0 Å². The Balaban J connectivity index is 1.47. The van der Waals surface area contributed by atoms with Crippen molar-refractivity contribution in [3.8, 4) is 0 Å². The van der Waals surface area contributed by atoms with Crippen molar-refractivity contribution in [3.05, 3.63) is 59.7 Å². The molecule has 0 bridgehead atoms. The van der Waals surface area contributed by atoms with E-state index in [1.807, 2.05) is 24.3 Å². The second-order valence-corrected chi connectivity index (χ2v) is 7.28. The van der Waals surface area contributed by atoms with Gasteiger partial charge >= 0.3 is 11.9 Å². The fourth-order valence-corrected chi connectivity index (χ4v) is 2.81. The highest BCUT2D eigenvalue weighted by atomic mass is 16.7. The minimum atomic E-state index is -0.544. The van der Waals surface area contributed by atoms with E-state index in [0.717, 1.165) is 11.1 Å². The molecule has 0 aliphatic carbocycles. The molecule has 0 radical (unpaired) electrons. The lowest BCUT2D eigenvalue weighted by Crippen LogP contribution is -2.35. The third-order valence-corrected chi connectivity index (χ3v) is 4.46. The van der Waals surface area contributed by atoms with Crippen LogP contribution in [0, 0.1) is 0 Å². The third kappa shape index (κ3) is 5.76. The van der Waals surface area contributed by atoms with Crippen molar-refractivity contribution in [1.82, 2.24) is 0 Å². The smallest absolute Gasteiger partial charge is 0.333 e. The van der Waals surface area contributed by atoms with Crippen LogP contribution in [0.15, 0.2) is 48.6 Å². The van der Waals surface area contributed by atoms with Gasteiger partial charge in [-0.1, -0.05) is 37.4 Å². The SMILES string of the molecule is C=C(C)C(=O)OC1COC(c2ccc(C3OCC(OC(=O)C(=C)C)CO3)cc2)OC1. The molecule has 2 aliphatic heterocycles. The molecule has 0 saturated carbocycles. The van der Waals surface area contributed by atoms with Crippen LogP contribution in [0.25, 0.3) is 0 Å². The number of carbonyl (C=O) groups excluding carboxylic acids is 2. The molecule has 0 unspecified atom stereocenters. The molecule has 0 aromatic heterocycles. The van der Waals surface area contributed by atoms with Gasteiger partial charge < -0.3 is 28.4 Å². The Labute approximate surface area is 175 Å². The molecule has 1 aromatic rings. The van der Waals surface area contributed by atoms with Crippen molar-refractivity contribution in [2.75, 3.05) is 26.4 Å². The molecule has 0 amide bonds. The molecule has 1 aromatic carbocycles. The third-order valence-electron chi connectivity index (χ3n) is 4.46. The van der Waals surface area contributed by atoms with Crippen molar-refractivity contribution in [2.45, 2.75) is 38.6 Å². The Hall–Kier alpha value is -2.52. The number of hydrogen-bond acceptors (Lipinski definition) is 8. The maximum atomic E-state index is 11.6. The first-order valence-corrected chi connectivity index (χ1v) is 9.62. The molecule has 30 heavy (non-hydrogen) atoms. The van der Waals surface area contributed by atoms with E-state index in [2.05, 4.69) is 13.2 Å². The normalized spacial score (nSPS) is 26.5. The van der Waals surface area contributed by atoms with Gasteiger partial charge in [0.05, 0.1) is 26.4 Å². The van der Waals surface area contributed by atoms with Gasteiger partial charge in [0.2, 0.25) is 0 Å². The predicted molar refractivity (Wildman–Crippen MR) is 105 cm³/mol. The summed E-state index contributed by atoms with van der Waals surface area (Å²) >= 11 is 0. The lowest BCUT2D eigenvalue weighted by Gasteiger charge is -2.30. The monoisotopic (exact) mass is 418 g/mol. The van der Waals surface area contributed by atoms with Crippen LogP contribution in [0.1, 0.15) is 37.6 Å². The quantitative estimate of drug-likeness (QED) is 0.515. The fourth-order valence-electron chi connectivity index (χ4n) is 2.81. The molecule has 0 atom stereocenters. The van der Waals surface area contributed by atoms with Crippen LogP contribution in [0.4, 0.5) is 0 Å². The molecule has 3 rings (SSSR count). The molecular weight excluding hydrogens is 392 g/mol. The molecule has 8 nitrogen and oxygen atoms in total. The van der Waals surface area contributed by atoms with Crippen LogP contribution in [0.2, 0.25) is 0 Å². The highest BCUT2D eigenvalue weighted by Gasteiger charge is 2.28. The van der Waals surface area contributed by atoms with Crippen molar-refractivity contribution < 1.29 is 38.0 Å². The first kappa shape index (κ1) is 22.2. The van der Waals surface area contributed by atoms with Gasteiger partial charge in [-0.05, 0) is 13.8 Å². The van der Waals surface area contributed by atoms with Crippen molar-refractivity contribution in [3.63, 3.8) is 0 Å². The zero-order valence-corrected chi connectivity index (χ0v) is 17.1. The van der Waals surface area contributed by atoms with Crippen molar-refractivity contribution in [2.24, 2.45) is 0 Å². The summed E-state index contributed by atoms with van der Waals surface area (Å²) in [6, 6.07) is 7.44. The predicted octanol–water partition coefficient (Wildman–Crippen LogP) is 2.75. The molecule has 0 spiro atoms. The first-order valence-electron chi connectivity index (χ1n) is 9.62. The first-order chi connectivity index (χ1) is 14.3. The zero-order valence-electron chi connectivity index (χ0n) is 17.1. The second-order valence-electron chi connectivity index (χ2n) is 7.28. The lowest BCUT2D eigenvalue weighted by atomic mass is 10.1. The van der Waals surface area contributed by atoms with Crippen LogP contribution < -0.4 is 0 Å². The largest absolute Gasteiger partial charge is 0.454 e. The van der Waals surface area contributed by atoms with Crippen LogP contribution in [0.3, 0.4) is 0 Å². The molecule has 2 aliphatic rings. The standard InChI is InChI=1S/C22H26O8/c1-13(2)19(23)29-17-9-25-21(26-10-17)15-5-7-16(8-6-15)22-27-11-18(12-28-22)30-20(24)14(3)4/h5-8,17-18,21-22H,1,3,9-12H2,2,4H3. The van der Waals surface area contributed by atoms with E-state index in [0.29, 0.717) is 11.1 Å². The summed E-state index contributed by atoms with van der Waals surface area (Å²) in [5.74, 6) is -0.918. The van der Waals surface area contributed by atoms with Gasteiger partial charge in [0.1, 0.15) is 12.2 Å². The Bertz CT molecular complexity index is 717. The topological polar surface area (TPSA) is 89.5 Å². The van der Waals surface area contributed by atoms with Crippen molar-refractivity contribution >= 4 is 11.9 Å². The van der Waals surface area contributed by atoms with Crippen LogP contribution in [0.5, 0.6) is 0 Å². The average Bonchev–Trinajstić information content (AvgIpc) is 2.75. The van der Waals surface area contributed by atoms with Gasteiger partial charge in [0.25, 0.3) is 0 Å². The average molecular weight is 418 g/mol.